The quantitative estimate of drug-likeness (QED) is 0.863. The van der Waals surface area contributed by atoms with Crippen LogP contribution in [0.5, 0.6) is 5.75 Å². The van der Waals surface area contributed by atoms with E-state index < -0.39 is 0 Å². The molecule has 110 valence electrons. The number of nitrogens with one attached hydrogen (secondary N) is 1. The maximum absolute atomic E-state index is 5.30. The maximum Gasteiger partial charge on any atom is 0.119 e. The minimum Gasteiger partial charge on any atom is -0.497 e. The lowest BCUT2D eigenvalue weighted by Crippen LogP contribution is -2.29. The molecule has 2 unspecified atom stereocenters. The molecule has 1 heterocycles. The van der Waals surface area contributed by atoms with E-state index in [2.05, 4.69) is 35.3 Å². The summed E-state index contributed by atoms with van der Waals surface area (Å²) in [6, 6.07) is 9.68. The fourth-order valence-electron chi connectivity index (χ4n) is 3.17. The summed E-state index contributed by atoms with van der Waals surface area (Å²) in [4.78, 5) is 2.68. The summed E-state index contributed by atoms with van der Waals surface area (Å²) in [5, 5.41) is 3.69. The molecule has 0 amide bonds. The summed E-state index contributed by atoms with van der Waals surface area (Å²) in [6.45, 7) is 5.97. The summed E-state index contributed by atoms with van der Waals surface area (Å²) >= 11 is 0. The Morgan fingerprint density at radius 3 is 2.95 bits per heavy atom. The van der Waals surface area contributed by atoms with E-state index in [0.29, 0.717) is 6.04 Å². The van der Waals surface area contributed by atoms with Crippen LogP contribution >= 0.6 is 0 Å². The molecule has 1 aromatic rings. The van der Waals surface area contributed by atoms with Gasteiger partial charge in [0.05, 0.1) is 7.11 Å². The zero-order valence-electron chi connectivity index (χ0n) is 12.6. The van der Waals surface area contributed by atoms with Crippen molar-refractivity contribution in [3.63, 3.8) is 0 Å². The Hall–Kier alpha value is -1.06. The third-order valence-electron chi connectivity index (χ3n) is 4.69. The fraction of sp³-hybridized carbons (Fsp3) is 0.647. The van der Waals surface area contributed by atoms with Crippen LogP contribution < -0.4 is 10.1 Å². The minimum atomic E-state index is 0.389. The lowest BCUT2D eigenvalue weighted by molar-refractivity contribution is 0.310. The number of ether oxygens (including phenoxy) is 1. The predicted molar refractivity (Wildman–Crippen MR) is 82.1 cm³/mol. The number of methoxy groups -OCH3 is 1. The first-order valence-electron chi connectivity index (χ1n) is 7.87. The van der Waals surface area contributed by atoms with Crippen molar-refractivity contribution < 1.29 is 4.74 Å². The molecular formula is C17H26N2O. The molecule has 0 bridgehead atoms. The molecule has 2 aliphatic rings. The molecule has 0 radical (unpaired) electrons. The van der Waals surface area contributed by atoms with Gasteiger partial charge in [-0.15, -0.1) is 0 Å². The van der Waals surface area contributed by atoms with Crippen molar-refractivity contribution in [1.82, 2.24) is 10.2 Å². The Morgan fingerprint density at radius 1 is 1.35 bits per heavy atom. The van der Waals surface area contributed by atoms with Gasteiger partial charge in [-0.2, -0.15) is 0 Å². The van der Waals surface area contributed by atoms with E-state index in [9.17, 15) is 0 Å². The molecular weight excluding hydrogens is 248 g/mol. The second-order valence-electron chi connectivity index (χ2n) is 6.29. The Bertz CT molecular complexity index is 444. The van der Waals surface area contributed by atoms with Gasteiger partial charge < -0.3 is 15.0 Å². The third-order valence-corrected chi connectivity index (χ3v) is 4.69. The van der Waals surface area contributed by atoms with E-state index in [1.165, 1.54) is 37.9 Å². The van der Waals surface area contributed by atoms with Crippen molar-refractivity contribution in [3.8, 4) is 5.75 Å². The zero-order valence-corrected chi connectivity index (χ0v) is 12.6. The average Bonchev–Trinajstić information content (AvgIpc) is 3.24. The number of hydrogen-bond donors (Lipinski definition) is 1. The largest absolute Gasteiger partial charge is 0.497 e. The van der Waals surface area contributed by atoms with Crippen LogP contribution in [0.25, 0.3) is 0 Å². The van der Waals surface area contributed by atoms with Crippen molar-refractivity contribution in [2.45, 2.75) is 38.3 Å². The predicted octanol–water partition coefficient (Wildman–Crippen LogP) is 2.83. The molecule has 1 saturated carbocycles. The van der Waals surface area contributed by atoms with Crippen LogP contribution in [0.3, 0.4) is 0 Å². The topological polar surface area (TPSA) is 24.5 Å². The third kappa shape index (κ3) is 3.33. The Labute approximate surface area is 122 Å². The van der Waals surface area contributed by atoms with E-state index in [1.807, 2.05) is 6.07 Å². The number of benzene rings is 1. The molecule has 0 spiro atoms. The van der Waals surface area contributed by atoms with Gasteiger partial charge in [0.1, 0.15) is 5.75 Å². The average molecular weight is 274 g/mol. The Kier molecular flexibility index (Phi) is 4.27. The first-order chi connectivity index (χ1) is 9.76. The molecule has 2 atom stereocenters. The van der Waals surface area contributed by atoms with E-state index in [1.54, 1.807) is 7.11 Å². The summed E-state index contributed by atoms with van der Waals surface area (Å²) < 4.78 is 5.30. The first-order valence-corrected chi connectivity index (χ1v) is 7.87. The SMILES string of the molecule is COc1cccc(C(C)NCC2CCN(C3CC3)C2)c1. The molecule has 1 aromatic carbocycles. The first kappa shape index (κ1) is 13.9. The van der Waals surface area contributed by atoms with Crippen molar-refractivity contribution >= 4 is 0 Å². The van der Waals surface area contributed by atoms with Crippen LogP contribution in [0.2, 0.25) is 0 Å². The maximum atomic E-state index is 5.30. The van der Waals surface area contributed by atoms with Crippen LogP contribution in [0, 0.1) is 5.92 Å². The van der Waals surface area contributed by atoms with E-state index >= 15 is 0 Å². The van der Waals surface area contributed by atoms with Crippen LogP contribution in [-0.2, 0) is 0 Å². The van der Waals surface area contributed by atoms with Crippen molar-refractivity contribution in [3.05, 3.63) is 29.8 Å². The van der Waals surface area contributed by atoms with Crippen molar-refractivity contribution in [2.75, 3.05) is 26.7 Å². The minimum absolute atomic E-state index is 0.389. The summed E-state index contributed by atoms with van der Waals surface area (Å²) in [7, 11) is 1.72. The highest BCUT2D eigenvalue weighted by Gasteiger charge is 2.34. The van der Waals surface area contributed by atoms with E-state index in [4.69, 9.17) is 4.74 Å². The summed E-state index contributed by atoms with van der Waals surface area (Å²) in [5.74, 6) is 1.76. The molecule has 3 nitrogen and oxygen atoms in total. The van der Waals surface area contributed by atoms with Crippen molar-refractivity contribution in [1.29, 1.82) is 0 Å². The molecule has 20 heavy (non-hydrogen) atoms. The van der Waals surface area contributed by atoms with Gasteiger partial charge in [-0.3, -0.25) is 0 Å². The monoisotopic (exact) mass is 274 g/mol. The van der Waals surface area contributed by atoms with Gasteiger partial charge in [0.2, 0.25) is 0 Å². The number of nitrogens with zero attached hydrogens (tertiary/aromatic N) is 1. The van der Waals surface area contributed by atoms with Gasteiger partial charge in [0, 0.05) is 18.6 Å². The molecule has 0 aromatic heterocycles. The van der Waals surface area contributed by atoms with E-state index in [-0.39, 0.29) is 0 Å². The van der Waals surface area contributed by atoms with Crippen LogP contribution in [0.4, 0.5) is 0 Å². The molecule has 2 fully saturated rings. The van der Waals surface area contributed by atoms with E-state index in [0.717, 1.165) is 24.3 Å². The molecule has 1 aliphatic heterocycles. The smallest absolute Gasteiger partial charge is 0.119 e. The van der Waals surface area contributed by atoms with Gasteiger partial charge in [0.15, 0.2) is 0 Å². The molecule has 1 N–H and O–H groups in total. The highest BCUT2D eigenvalue weighted by atomic mass is 16.5. The molecule has 1 aliphatic carbocycles. The van der Waals surface area contributed by atoms with Crippen molar-refractivity contribution in [2.24, 2.45) is 5.92 Å². The van der Waals surface area contributed by atoms with Crippen LogP contribution in [0.15, 0.2) is 24.3 Å². The van der Waals surface area contributed by atoms with Crippen LogP contribution in [-0.4, -0.2) is 37.7 Å². The van der Waals surface area contributed by atoms with Gasteiger partial charge in [0.25, 0.3) is 0 Å². The van der Waals surface area contributed by atoms with Gasteiger partial charge in [-0.05, 0) is 62.9 Å². The standard InChI is InChI=1S/C17H26N2O/c1-13(15-4-3-5-17(10-15)20-2)18-11-14-8-9-19(12-14)16-6-7-16/h3-5,10,13-14,16,18H,6-9,11-12H2,1-2H3. The lowest BCUT2D eigenvalue weighted by atomic mass is 10.1. The summed E-state index contributed by atoms with van der Waals surface area (Å²) in [6.07, 6.45) is 4.22. The normalized spacial score (nSPS) is 24.8. The number of hydrogen-bond acceptors (Lipinski definition) is 3. The van der Waals surface area contributed by atoms with Gasteiger partial charge in [-0.25, -0.2) is 0 Å². The molecule has 3 heteroatoms. The zero-order chi connectivity index (χ0) is 13.9. The second kappa shape index (κ2) is 6.15. The highest BCUT2D eigenvalue weighted by molar-refractivity contribution is 5.30. The molecule has 1 saturated heterocycles. The van der Waals surface area contributed by atoms with Gasteiger partial charge >= 0.3 is 0 Å². The summed E-state index contributed by atoms with van der Waals surface area (Å²) in [5.41, 5.74) is 1.31. The van der Waals surface area contributed by atoms with Gasteiger partial charge in [-0.1, -0.05) is 12.1 Å². The second-order valence-corrected chi connectivity index (χ2v) is 6.29. The Balaban J connectivity index is 1.47. The number of rotatable bonds is 6. The number of likely N-dealkylation sites (tertiary alicyclic amines) is 1. The van der Waals surface area contributed by atoms with Crippen LogP contribution in [0.1, 0.15) is 37.8 Å². The Morgan fingerprint density at radius 2 is 2.20 bits per heavy atom. The highest BCUT2D eigenvalue weighted by Crippen LogP contribution is 2.31. The fourth-order valence-corrected chi connectivity index (χ4v) is 3.17. The lowest BCUT2D eigenvalue weighted by Gasteiger charge is -2.19. The molecule has 3 rings (SSSR count).